The van der Waals surface area contributed by atoms with Crippen LogP contribution in [0.2, 0.25) is 0 Å². The average Bonchev–Trinajstić information content (AvgIpc) is 3.27. The van der Waals surface area contributed by atoms with Gasteiger partial charge in [-0.15, -0.1) is 0 Å². The first-order valence-corrected chi connectivity index (χ1v) is 10.2. The van der Waals surface area contributed by atoms with Gasteiger partial charge in [-0.2, -0.15) is 0 Å². The summed E-state index contributed by atoms with van der Waals surface area (Å²) in [6.07, 6.45) is -0.679. The number of rotatable bonds is 7. The van der Waals surface area contributed by atoms with Crippen molar-refractivity contribution in [2.24, 2.45) is 0 Å². The Labute approximate surface area is 185 Å². The molecule has 1 heterocycles. The van der Waals surface area contributed by atoms with Gasteiger partial charge in [-0.05, 0) is 42.8 Å². The van der Waals surface area contributed by atoms with E-state index in [2.05, 4.69) is 10.3 Å². The summed E-state index contributed by atoms with van der Waals surface area (Å²) in [5.74, 6) is -0.247. The van der Waals surface area contributed by atoms with E-state index >= 15 is 0 Å². The quantitative estimate of drug-likeness (QED) is 0.411. The maximum Gasteiger partial charge on any atom is 0.339 e. The second-order valence-electron chi connectivity index (χ2n) is 7.02. The Morgan fingerprint density at radius 2 is 1.72 bits per heavy atom. The van der Waals surface area contributed by atoms with E-state index in [0.717, 1.165) is 0 Å². The van der Waals surface area contributed by atoms with Crippen LogP contribution in [0.5, 0.6) is 5.75 Å². The fourth-order valence-electron chi connectivity index (χ4n) is 3.31. The predicted octanol–water partition coefficient (Wildman–Crippen LogP) is 5.08. The van der Waals surface area contributed by atoms with Gasteiger partial charge in [0.2, 0.25) is 5.89 Å². The number of anilines is 1. The number of methoxy groups -OCH3 is 1. The van der Waals surface area contributed by atoms with Crippen molar-refractivity contribution in [3.05, 3.63) is 78.4 Å². The van der Waals surface area contributed by atoms with Gasteiger partial charge in [0.1, 0.15) is 11.3 Å². The monoisotopic (exact) mass is 430 g/mol. The molecule has 0 aliphatic heterocycles. The van der Waals surface area contributed by atoms with E-state index in [1.807, 2.05) is 24.3 Å². The van der Waals surface area contributed by atoms with Crippen molar-refractivity contribution in [3.8, 4) is 17.2 Å². The number of fused-ring (bicyclic) bond motifs is 1. The molecule has 4 aromatic rings. The molecule has 0 spiro atoms. The fraction of sp³-hybridized carbons (Fsp3) is 0.160. The molecule has 32 heavy (non-hydrogen) atoms. The van der Waals surface area contributed by atoms with E-state index in [1.54, 1.807) is 55.5 Å². The number of nitrogens with one attached hydrogen (secondary N) is 1. The van der Waals surface area contributed by atoms with E-state index in [-0.39, 0.29) is 5.56 Å². The van der Waals surface area contributed by atoms with Crippen LogP contribution in [0.15, 0.2) is 77.2 Å². The molecule has 162 valence electrons. The number of carbonyl (C=O) groups excluding carboxylic acids is 2. The number of aromatic nitrogens is 1. The number of carbonyl (C=O) groups is 2. The van der Waals surface area contributed by atoms with E-state index in [4.69, 9.17) is 13.9 Å². The summed E-state index contributed by atoms with van der Waals surface area (Å²) in [4.78, 5) is 30.3. The number of benzene rings is 3. The minimum Gasteiger partial charge on any atom is -0.495 e. The molecule has 0 fully saturated rings. The molecule has 1 unspecified atom stereocenters. The van der Waals surface area contributed by atoms with Crippen LogP contribution in [0.3, 0.4) is 0 Å². The van der Waals surface area contributed by atoms with Crippen LogP contribution in [0.25, 0.3) is 22.6 Å². The maximum atomic E-state index is 13.0. The lowest BCUT2D eigenvalue weighted by atomic mass is 10.1. The number of ether oxygens (including phenoxy) is 2. The number of hydrogen-bond acceptors (Lipinski definition) is 6. The molecule has 0 saturated carbocycles. The second kappa shape index (κ2) is 9.34. The van der Waals surface area contributed by atoms with Crippen molar-refractivity contribution < 1.29 is 23.5 Å². The van der Waals surface area contributed by atoms with Gasteiger partial charge < -0.3 is 19.2 Å². The van der Waals surface area contributed by atoms with Crippen molar-refractivity contribution in [1.29, 1.82) is 0 Å². The topological polar surface area (TPSA) is 90.7 Å². The zero-order valence-corrected chi connectivity index (χ0v) is 17.7. The Morgan fingerprint density at radius 1 is 1.00 bits per heavy atom. The number of amides is 1. The van der Waals surface area contributed by atoms with Gasteiger partial charge >= 0.3 is 5.97 Å². The van der Waals surface area contributed by atoms with Gasteiger partial charge in [0.25, 0.3) is 5.91 Å². The Morgan fingerprint density at radius 3 is 2.50 bits per heavy atom. The zero-order chi connectivity index (χ0) is 22.5. The molecule has 4 rings (SSSR count). The summed E-state index contributed by atoms with van der Waals surface area (Å²) in [5.41, 5.74) is 2.57. The molecule has 1 N–H and O–H groups in total. The summed E-state index contributed by atoms with van der Waals surface area (Å²) < 4.78 is 16.6. The second-order valence-corrected chi connectivity index (χ2v) is 7.02. The Bertz CT molecular complexity index is 1230. The normalized spacial score (nSPS) is 11.7. The number of para-hydroxylation sites is 4. The summed E-state index contributed by atoms with van der Waals surface area (Å²) >= 11 is 0. The van der Waals surface area contributed by atoms with Crippen LogP contribution in [0.4, 0.5) is 5.69 Å². The van der Waals surface area contributed by atoms with Crippen molar-refractivity contribution in [2.45, 2.75) is 19.4 Å². The first kappa shape index (κ1) is 21.1. The molecule has 1 atom stereocenters. The lowest BCUT2D eigenvalue weighted by molar-refractivity contribution is -0.124. The highest BCUT2D eigenvalue weighted by molar-refractivity contribution is 6.00. The minimum absolute atomic E-state index is 0.266. The number of esters is 1. The van der Waals surface area contributed by atoms with Crippen molar-refractivity contribution in [3.63, 3.8) is 0 Å². The van der Waals surface area contributed by atoms with Crippen LogP contribution in [0.1, 0.15) is 23.7 Å². The molecule has 3 aromatic carbocycles. The molecule has 1 amide bonds. The minimum atomic E-state index is -0.982. The SMILES string of the molecule is CCC(OC(=O)c1ccccc1-c1nc2ccccc2o1)C(=O)Nc1ccccc1OC. The fourth-order valence-corrected chi connectivity index (χ4v) is 3.31. The predicted molar refractivity (Wildman–Crippen MR) is 121 cm³/mol. The highest BCUT2D eigenvalue weighted by Gasteiger charge is 2.25. The standard InChI is InChI=1S/C25H22N2O5/c1-3-20(23(28)26-18-12-6-8-14-21(18)30-2)32-25(29)17-11-5-4-10-16(17)24-27-19-13-7-9-15-22(19)31-24/h4-15,20H,3H2,1-2H3,(H,26,28). The molecule has 0 aliphatic rings. The molecular formula is C25H22N2O5. The summed E-state index contributed by atoms with van der Waals surface area (Å²) in [6.45, 7) is 1.77. The van der Waals surface area contributed by atoms with Crippen LogP contribution < -0.4 is 10.1 Å². The van der Waals surface area contributed by atoms with E-state index in [1.165, 1.54) is 7.11 Å². The van der Waals surface area contributed by atoms with Gasteiger partial charge in [0, 0.05) is 0 Å². The molecule has 1 aromatic heterocycles. The summed E-state index contributed by atoms with van der Waals surface area (Å²) in [6, 6.07) is 21.2. The first-order chi connectivity index (χ1) is 15.6. The van der Waals surface area contributed by atoms with Gasteiger partial charge in [0.05, 0.1) is 23.9 Å². The Hall–Kier alpha value is -4.13. The molecule has 7 heteroatoms. The Balaban J connectivity index is 1.56. The van der Waals surface area contributed by atoms with Crippen LogP contribution in [-0.2, 0) is 9.53 Å². The first-order valence-electron chi connectivity index (χ1n) is 10.2. The Kier molecular flexibility index (Phi) is 6.17. The van der Waals surface area contributed by atoms with E-state index in [0.29, 0.717) is 40.4 Å². The molecule has 0 saturated heterocycles. The van der Waals surface area contributed by atoms with Gasteiger partial charge in [-0.1, -0.05) is 43.3 Å². The molecule has 0 aliphatic carbocycles. The highest BCUT2D eigenvalue weighted by atomic mass is 16.5. The summed E-state index contributed by atoms with van der Waals surface area (Å²) in [5, 5.41) is 2.76. The smallest absolute Gasteiger partial charge is 0.339 e. The van der Waals surface area contributed by atoms with Crippen molar-refractivity contribution in [2.75, 3.05) is 12.4 Å². The molecule has 0 bridgehead atoms. The van der Waals surface area contributed by atoms with Crippen molar-refractivity contribution >= 4 is 28.7 Å². The molecule has 0 radical (unpaired) electrons. The number of oxazole rings is 1. The lowest BCUT2D eigenvalue weighted by Crippen LogP contribution is -2.32. The zero-order valence-electron chi connectivity index (χ0n) is 17.7. The lowest BCUT2D eigenvalue weighted by Gasteiger charge is -2.17. The average molecular weight is 430 g/mol. The summed E-state index contributed by atoms with van der Waals surface area (Å²) in [7, 11) is 1.52. The van der Waals surface area contributed by atoms with Crippen LogP contribution >= 0.6 is 0 Å². The van der Waals surface area contributed by atoms with Crippen LogP contribution in [-0.4, -0.2) is 30.1 Å². The third-order valence-corrected chi connectivity index (χ3v) is 4.95. The highest BCUT2D eigenvalue weighted by Crippen LogP contribution is 2.28. The number of hydrogen-bond donors (Lipinski definition) is 1. The van der Waals surface area contributed by atoms with Gasteiger partial charge in [-0.3, -0.25) is 4.79 Å². The third kappa shape index (κ3) is 4.32. The maximum absolute atomic E-state index is 13.0. The van der Waals surface area contributed by atoms with Crippen molar-refractivity contribution in [1.82, 2.24) is 4.98 Å². The van der Waals surface area contributed by atoms with E-state index < -0.39 is 18.0 Å². The van der Waals surface area contributed by atoms with Gasteiger partial charge in [-0.25, -0.2) is 9.78 Å². The van der Waals surface area contributed by atoms with Gasteiger partial charge in [0.15, 0.2) is 11.7 Å². The van der Waals surface area contributed by atoms with E-state index in [9.17, 15) is 9.59 Å². The number of nitrogens with zero attached hydrogens (tertiary/aromatic N) is 1. The third-order valence-electron chi connectivity index (χ3n) is 4.95. The molecule has 7 nitrogen and oxygen atoms in total. The largest absolute Gasteiger partial charge is 0.495 e. The van der Waals surface area contributed by atoms with Crippen LogP contribution in [0, 0.1) is 0 Å². The molecular weight excluding hydrogens is 408 g/mol.